The molecule has 1 aliphatic carbocycles. The van der Waals surface area contributed by atoms with Gasteiger partial charge in [-0.1, -0.05) is 37.1 Å². The monoisotopic (exact) mass is 466 g/mol. The average Bonchev–Trinajstić information content (AvgIpc) is 3.52. The molecular weight excluding hydrogens is 439 g/mol. The van der Waals surface area contributed by atoms with Crippen LogP contribution in [0.1, 0.15) is 42.2 Å². The fourth-order valence-corrected chi connectivity index (χ4v) is 4.95. The quantitative estimate of drug-likeness (QED) is 0.492. The van der Waals surface area contributed by atoms with E-state index in [9.17, 15) is 14.0 Å². The number of benzene rings is 2. The Hall–Kier alpha value is -3.19. The Morgan fingerprint density at radius 2 is 1.88 bits per heavy atom. The third-order valence-corrected chi connectivity index (χ3v) is 6.78. The van der Waals surface area contributed by atoms with Gasteiger partial charge >= 0.3 is 0 Å². The van der Waals surface area contributed by atoms with Crippen molar-refractivity contribution < 1.29 is 18.7 Å². The van der Waals surface area contributed by atoms with Crippen molar-refractivity contribution >= 4 is 28.8 Å². The molecule has 1 saturated carbocycles. The third-order valence-electron chi connectivity index (χ3n) is 5.90. The van der Waals surface area contributed by atoms with Crippen LogP contribution in [0.2, 0.25) is 0 Å². The molecule has 1 heterocycles. The second-order valence-electron chi connectivity index (χ2n) is 8.17. The van der Waals surface area contributed by atoms with Crippen molar-refractivity contribution in [1.82, 2.24) is 5.32 Å². The second-order valence-corrected chi connectivity index (χ2v) is 9.20. The van der Waals surface area contributed by atoms with Crippen molar-refractivity contribution in [3.63, 3.8) is 0 Å². The minimum absolute atomic E-state index is 0.0833. The number of anilines is 1. The lowest BCUT2D eigenvalue weighted by Crippen LogP contribution is -2.46. The topological polar surface area (TPSA) is 58.6 Å². The zero-order valence-electron chi connectivity index (χ0n) is 18.5. The number of carbonyl (C=O) groups excluding carboxylic acids is 2. The standard InChI is InChI=1S/C26H27FN2O3S/c1-32-22-9-4-8-21(16-22)29(24(30)17-23-10-5-15-33-23)25(18-11-13-19(27)14-12-18)26(31)28-20-6-2-3-7-20/h4-5,8-16,20,25H,2-3,6-7,17H2,1H3,(H,28,31). The highest BCUT2D eigenvalue weighted by atomic mass is 32.1. The fourth-order valence-electron chi connectivity index (χ4n) is 4.26. The summed E-state index contributed by atoms with van der Waals surface area (Å²) in [6.07, 6.45) is 4.14. The summed E-state index contributed by atoms with van der Waals surface area (Å²) in [5.41, 5.74) is 1.10. The number of amides is 2. The molecule has 0 radical (unpaired) electrons. The SMILES string of the molecule is COc1cccc(N(C(=O)Cc2cccs2)C(C(=O)NC2CCCC2)c2ccc(F)cc2)c1. The number of rotatable bonds is 8. The lowest BCUT2D eigenvalue weighted by molar-refractivity contribution is -0.127. The Kier molecular flexibility index (Phi) is 7.40. The van der Waals surface area contributed by atoms with E-state index in [1.165, 1.54) is 28.4 Å². The average molecular weight is 467 g/mol. The number of thiophene rings is 1. The molecule has 1 unspecified atom stereocenters. The number of carbonyl (C=O) groups is 2. The number of methoxy groups -OCH3 is 1. The maximum absolute atomic E-state index is 13.7. The van der Waals surface area contributed by atoms with E-state index in [-0.39, 0.29) is 24.3 Å². The van der Waals surface area contributed by atoms with Crippen LogP contribution in [0, 0.1) is 5.82 Å². The van der Waals surface area contributed by atoms with Gasteiger partial charge in [0.05, 0.1) is 13.5 Å². The molecule has 3 aromatic rings. The normalized spacial score (nSPS) is 14.6. The first kappa shape index (κ1) is 23.0. The van der Waals surface area contributed by atoms with E-state index in [0.29, 0.717) is 17.0 Å². The highest BCUT2D eigenvalue weighted by Crippen LogP contribution is 2.32. The number of hydrogen-bond donors (Lipinski definition) is 1. The molecular formula is C26H27FN2O3S. The molecule has 1 aromatic heterocycles. The molecule has 1 fully saturated rings. The lowest BCUT2D eigenvalue weighted by atomic mass is 10.0. The van der Waals surface area contributed by atoms with Gasteiger partial charge in [-0.15, -0.1) is 11.3 Å². The Morgan fingerprint density at radius 1 is 1.12 bits per heavy atom. The van der Waals surface area contributed by atoms with Crippen molar-refractivity contribution in [2.45, 2.75) is 44.2 Å². The van der Waals surface area contributed by atoms with Crippen LogP contribution in [-0.4, -0.2) is 25.0 Å². The molecule has 2 aromatic carbocycles. The number of nitrogens with zero attached hydrogens (tertiary/aromatic N) is 1. The summed E-state index contributed by atoms with van der Waals surface area (Å²) < 4.78 is 19.1. The molecule has 1 N–H and O–H groups in total. The van der Waals surface area contributed by atoms with E-state index in [2.05, 4.69) is 5.32 Å². The summed E-state index contributed by atoms with van der Waals surface area (Å²) in [4.78, 5) is 29.7. The summed E-state index contributed by atoms with van der Waals surface area (Å²) in [7, 11) is 1.56. The fraction of sp³-hybridized carbons (Fsp3) is 0.308. The van der Waals surface area contributed by atoms with E-state index in [1.54, 1.807) is 43.5 Å². The summed E-state index contributed by atoms with van der Waals surface area (Å²) in [5.74, 6) is -0.306. The first-order valence-electron chi connectivity index (χ1n) is 11.1. The van der Waals surface area contributed by atoms with Crippen LogP contribution in [0.3, 0.4) is 0 Å². The van der Waals surface area contributed by atoms with Crippen molar-refractivity contribution in [2.24, 2.45) is 0 Å². The molecule has 2 amide bonds. The van der Waals surface area contributed by atoms with Crippen molar-refractivity contribution in [2.75, 3.05) is 12.0 Å². The Bertz CT molecular complexity index is 1080. The minimum Gasteiger partial charge on any atom is -0.497 e. The van der Waals surface area contributed by atoms with E-state index in [1.807, 2.05) is 17.5 Å². The number of nitrogens with one attached hydrogen (secondary N) is 1. The van der Waals surface area contributed by atoms with Crippen LogP contribution in [-0.2, 0) is 16.0 Å². The zero-order valence-corrected chi connectivity index (χ0v) is 19.3. The highest BCUT2D eigenvalue weighted by Gasteiger charge is 2.34. The summed E-state index contributed by atoms with van der Waals surface area (Å²) in [5, 5.41) is 5.05. The molecule has 1 atom stereocenters. The predicted molar refractivity (Wildman–Crippen MR) is 128 cm³/mol. The minimum atomic E-state index is -0.939. The molecule has 4 rings (SSSR count). The van der Waals surface area contributed by atoms with Gasteiger partial charge < -0.3 is 10.1 Å². The van der Waals surface area contributed by atoms with Gasteiger partial charge in [-0.3, -0.25) is 14.5 Å². The number of halogens is 1. The summed E-state index contributed by atoms with van der Waals surface area (Å²) in [6, 6.07) is 15.8. The van der Waals surface area contributed by atoms with Gasteiger partial charge in [-0.2, -0.15) is 0 Å². The van der Waals surface area contributed by atoms with Crippen LogP contribution in [0.4, 0.5) is 10.1 Å². The molecule has 5 nitrogen and oxygen atoms in total. The van der Waals surface area contributed by atoms with Gasteiger partial charge in [-0.25, -0.2) is 4.39 Å². The molecule has 33 heavy (non-hydrogen) atoms. The summed E-state index contributed by atoms with van der Waals surface area (Å²) in [6.45, 7) is 0. The maximum Gasteiger partial charge on any atom is 0.248 e. The van der Waals surface area contributed by atoms with Gasteiger partial charge in [0.1, 0.15) is 17.6 Å². The van der Waals surface area contributed by atoms with E-state index < -0.39 is 11.9 Å². The smallest absolute Gasteiger partial charge is 0.248 e. The first-order chi connectivity index (χ1) is 16.0. The van der Waals surface area contributed by atoms with Gasteiger partial charge in [0.2, 0.25) is 11.8 Å². The second kappa shape index (κ2) is 10.6. The van der Waals surface area contributed by atoms with E-state index in [0.717, 1.165) is 30.6 Å². The first-order valence-corrected chi connectivity index (χ1v) is 12.0. The Morgan fingerprint density at radius 3 is 2.55 bits per heavy atom. The van der Waals surface area contributed by atoms with E-state index in [4.69, 9.17) is 4.74 Å². The molecule has 0 saturated heterocycles. The third kappa shape index (κ3) is 5.60. The van der Waals surface area contributed by atoms with Crippen molar-refractivity contribution in [1.29, 1.82) is 0 Å². The molecule has 0 aliphatic heterocycles. The van der Waals surface area contributed by atoms with Gasteiger partial charge in [-0.05, 0) is 54.1 Å². The van der Waals surface area contributed by atoms with Gasteiger partial charge in [0.25, 0.3) is 0 Å². The van der Waals surface area contributed by atoms with Crippen molar-refractivity contribution in [3.8, 4) is 5.75 Å². The van der Waals surface area contributed by atoms with Crippen LogP contribution < -0.4 is 15.0 Å². The molecule has 1 aliphatic rings. The van der Waals surface area contributed by atoms with Crippen molar-refractivity contribution in [3.05, 3.63) is 82.3 Å². The predicted octanol–water partition coefficient (Wildman–Crippen LogP) is 5.27. The van der Waals surface area contributed by atoms with Crippen LogP contribution in [0.25, 0.3) is 0 Å². The molecule has 0 bridgehead atoms. The Labute approximate surface area is 197 Å². The maximum atomic E-state index is 13.7. The highest BCUT2D eigenvalue weighted by molar-refractivity contribution is 7.10. The zero-order chi connectivity index (χ0) is 23.2. The number of ether oxygens (including phenoxy) is 1. The Balaban J connectivity index is 1.77. The molecule has 7 heteroatoms. The van der Waals surface area contributed by atoms with E-state index >= 15 is 0 Å². The van der Waals surface area contributed by atoms with Gasteiger partial charge in [0.15, 0.2) is 0 Å². The van der Waals surface area contributed by atoms with Gasteiger partial charge in [0, 0.05) is 22.7 Å². The van der Waals surface area contributed by atoms with Crippen LogP contribution >= 0.6 is 11.3 Å². The summed E-state index contributed by atoms with van der Waals surface area (Å²) >= 11 is 1.49. The molecule has 0 spiro atoms. The number of hydrogen-bond acceptors (Lipinski definition) is 4. The van der Waals surface area contributed by atoms with Crippen LogP contribution in [0.15, 0.2) is 66.0 Å². The van der Waals surface area contributed by atoms with Crippen LogP contribution in [0.5, 0.6) is 5.75 Å². The molecule has 172 valence electrons. The largest absolute Gasteiger partial charge is 0.497 e. The lowest BCUT2D eigenvalue weighted by Gasteiger charge is -2.32.